The molecule has 0 atom stereocenters. The molecule has 0 aliphatic carbocycles. The molecule has 0 unspecified atom stereocenters. The minimum absolute atomic E-state index is 0.297. The topological polar surface area (TPSA) is 33.2 Å². The standard InChI is InChI=1S/C16H18N2OS/c19-16-7-4-9-18(16)10-8-15-17-14(12-20-15)11-13-5-2-1-3-6-13/h1-3,5-6,12H,4,7-11H2. The van der Waals surface area contributed by atoms with Gasteiger partial charge in [0, 0.05) is 37.7 Å². The minimum Gasteiger partial charge on any atom is -0.342 e. The predicted molar refractivity (Wildman–Crippen MR) is 80.9 cm³/mol. The zero-order chi connectivity index (χ0) is 13.8. The number of carbonyl (C=O) groups excluding carboxylic acids is 1. The van der Waals surface area contributed by atoms with Crippen molar-refractivity contribution in [2.75, 3.05) is 13.1 Å². The summed E-state index contributed by atoms with van der Waals surface area (Å²) in [4.78, 5) is 18.2. The highest BCUT2D eigenvalue weighted by molar-refractivity contribution is 7.09. The van der Waals surface area contributed by atoms with Crippen molar-refractivity contribution in [2.45, 2.75) is 25.7 Å². The lowest BCUT2D eigenvalue weighted by molar-refractivity contribution is -0.127. The van der Waals surface area contributed by atoms with Crippen LogP contribution in [0.1, 0.15) is 29.1 Å². The smallest absolute Gasteiger partial charge is 0.222 e. The molecule has 0 spiro atoms. The Balaban J connectivity index is 1.55. The Morgan fingerprint density at radius 2 is 2.10 bits per heavy atom. The molecular formula is C16H18N2OS. The number of amides is 1. The Hall–Kier alpha value is -1.68. The second kappa shape index (κ2) is 6.18. The maximum atomic E-state index is 11.6. The highest BCUT2D eigenvalue weighted by atomic mass is 32.1. The fourth-order valence-corrected chi connectivity index (χ4v) is 3.31. The fourth-order valence-electron chi connectivity index (χ4n) is 2.52. The van der Waals surface area contributed by atoms with Gasteiger partial charge in [0.1, 0.15) is 0 Å². The van der Waals surface area contributed by atoms with Gasteiger partial charge in [-0.05, 0) is 12.0 Å². The van der Waals surface area contributed by atoms with E-state index in [2.05, 4.69) is 34.6 Å². The SMILES string of the molecule is O=C1CCCN1CCc1nc(Cc2ccccc2)cs1. The number of carbonyl (C=O) groups is 1. The lowest BCUT2D eigenvalue weighted by atomic mass is 10.1. The van der Waals surface area contributed by atoms with Crippen molar-refractivity contribution >= 4 is 17.2 Å². The van der Waals surface area contributed by atoms with Gasteiger partial charge >= 0.3 is 0 Å². The molecule has 1 amide bonds. The van der Waals surface area contributed by atoms with E-state index < -0.39 is 0 Å². The quantitative estimate of drug-likeness (QED) is 0.846. The third-order valence-corrected chi connectivity index (χ3v) is 4.55. The zero-order valence-corrected chi connectivity index (χ0v) is 12.2. The molecule has 2 heterocycles. The first kappa shape index (κ1) is 13.3. The van der Waals surface area contributed by atoms with Crippen LogP contribution in [0, 0.1) is 0 Å². The Morgan fingerprint density at radius 1 is 1.25 bits per heavy atom. The van der Waals surface area contributed by atoms with E-state index in [4.69, 9.17) is 0 Å². The molecule has 3 rings (SSSR count). The van der Waals surface area contributed by atoms with Gasteiger partial charge in [-0.1, -0.05) is 30.3 Å². The van der Waals surface area contributed by atoms with Crippen LogP contribution in [0.2, 0.25) is 0 Å². The number of likely N-dealkylation sites (tertiary alicyclic amines) is 1. The Morgan fingerprint density at radius 3 is 2.85 bits per heavy atom. The van der Waals surface area contributed by atoms with Crippen LogP contribution in [-0.4, -0.2) is 28.9 Å². The molecule has 0 bridgehead atoms. The average molecular weight is 286 g/mol. The molecule has 1 aliphatic heterocycles. The van der Waals surface area contributed by atoms with Gasteiger partial charge in [0.05, 0.1) is 10.7 Å². The number of nitrogens with zero attached hydrogens (tertiary/aromatic N) is 2. The molecule has 3 nitrogen and oxygen atoms in total. The number of hydrogen-bond donors (Lipinski definition) is 0. The van der Waals surface area contributed by atoms with Crippen molar-refractivity contribution < 1.29 is 4.79 Å². The van der Waals surface area contributed by atoms with Gasteiger partial charge in [-0.15, -0.1) is 11.3 Å². The maximum Gasteiger partial charge on any atom is 0.222 e. The van der Waals surface area contributed by atoms with Crippen molar-refractivity contribution in [3.8, 4) is 0 Å². The second-order valence-electron chi connectivity index (χ2n) is 5.13. The molecule has 1 aliphatic rings. The summed E-state index contributed by atoms with van der Waals surface area (Å²) >= 11 is 1.70. The molecule has 1 aromatic carbocycles. The average Bonchev–Trinajstić information content (AvgIpc) is 3.07. The van der Waals surface area contributed by atoms with E-state index in [1.165, 1.54) is 5.56 Å². The van der Waals surface area contributed by atoms with Crippen LogP contribution in [0.25, 0.3) is 0 Å². The van der Waals surface area contributed by atoms with Crippen molar-refractivity contribution in [2.24, 2.45) is 0 Å². The van der Waals surface area contributed by atoms with E-state index in [0.717, 1.165) is 49.5 Å². The van der Waals surface area contributed by atoms with Gasteiger partial charge in [-0.2, -0.15) is 0 Å². The highest BCUT2D eigenvalue weighted by Gasteiger charge is 2.19. The van der Waals surface area contributed by atoms with Gasteiger partial charge in [-0.25, -0.2) is 4.98 Å². The molecule has 0 saturated carbocycles. The van der Waals surface area contributed by atoms with Crippen LogP contribution in [0.5, 0.6) is 0 Å². The van der Waals surface area contributed by atoms with E-state index in [9.17, 15) is 4.79 Å². The number of rotatable bonds is 5. The normalized spacial score (nSPS) is 15.0. The summed E-state index contributed by atoms with van der Waals surface area (Å²) in [6, 6.07) is 10.4. The number of aromatic nitrogens is 1. The van der Waals surface area contributed by atoms with Crippen molar-refractivity contribution in [3.05, 3.63) is 52.0 Å². The van der Waals surface area contributed by atoms with Gasteiger partial charge in [0.25, 0.3) is 0 Å². The summed E-state index contributed by atoms with van der Waals surface area (Å²) in [6.45, 7) is 1.73. The molecular weight excluding hydrogens is 268 g/mol. The Kier molecular flexibility index (Phi) is 4.11. The highest BCUT2D eigenvalue weighted by Crippen LogP contribution is 2.16. The number of hydrogen-bond acceptors (Lipinski definition) is 3. The molecule has 104 valence electrons. The lowest BCUT2D eigenvalue weighted by Crippen LogP contribution is -2.26. The second-order valence-corrected chi connectivity index (χ2v) is 6.07. The summed E-state index contributed by atoms with van der Waals surface area (Å²) in [5, 5.41) is 3.27. The maximum absolute atomic E-state index is 11.6. The van der Waals surface area contributed by atoms with Crippen LogP contribution in [0.4, 0.5) is 0 Å². The monoisotopic (exact) mass is 286 g/mol. The summed E-state index contributed by atoms with van der Waals surface area (Å²) in [5.41, 5.74) is 2.42. The largest absolute Gasteiger partial charge is 0.342 e. The van der Waals surface area contributed by atoms with Crippen LogP contribution < -0.4 is 0 Å². The fraction of sp³-hybridized carbons (Fsp3) is 0.375. The van der Waals surface area contributed by atoms with Crippen LogP contribution in [0.3, 0.4) is 0 Å². The summed E-state index contributed by atoms with van der Waals surface area (Å²) in [5.74, 6) is 0.297. The molecule has 1 aromatic heterocycles. The molecule has 0 N–H and O–H groups in total. The van der Waals surface area contributed by atoms with E-state index in [-0.39, 0.29) is 0 Å². The predicted octanol–water partition coefficient (Wildman–Crippen LogP) is 2.90. The van der Waals surface area contributed by atoms with Crippen LogP contribution >= 0.6 is 11.3 Å². The number of thiazole rings is 1. The third kappa shape index (κ3) is 3.25. The van der Waals surface area contributed by atoms with E-state index in [1.807, 2.05) is 11.0 Å². The number of benzene rings is 1. The van der Waals surface area contributed by atoms with Crippen molar-refractivity contribution in [1.82, 2.24) is 9.88 Å². The Labute approximate surface area is 123 Å². The lowest BCUT2D eigenvalue weighted by Gasteiger charge is -2.13. The zero-order valence-electron chi connectivity index (χ0n) is 11.4. The van der Waals surface area contributed by atoms with E-state index in [1.54, 1.807) is 11.3 Å². The summed E-state index contributed by atoms with van der Waals surface area (Å²) in [7, 11) is 0. The third-order valence-electron chi connectivity index (χ3n) is 3.59. The molecule has 0 radical (unpaired) electrons. The van der Waals surface area contributed by atoms with Gasteiger partial charge < -0.3 is 4.90 Å². The minimum atomic E-state index is 0.297. The van der Waals surface area contributed by atoms with Gasteiger partial charge in [0.15, 0.2) is 0 Å². The first-order chi connectivity index (χ1) is 9.81. The van der Waals surface area contributed by atoms with E-state index >= 15 is 0 Å². The van der Waals surface area contributed by atoms with Gasteiger partial charge in [0.2, 0.25) is 5.91 Å². The molecule has 1 saturated heterocycles. The molecule has 4 heteroatoms. The van der Waals surface area contributed by atoms with Crippen LogP contribution in [-0.2, 0) is 17.6 Å². The molecule has 20 heavy (non-hydrogen) atoms. The first-order valence-corrected chi connectivity index (χ1v) is 7.94. The van der Waals surface area contributed by atoms with E-state index in [0.29, 0.717) is 5.91 Å². The van der Waals surface area contributed by atoms with Crippen LogP contribution in [0.15, 0.2) is 35.7 Å². The van der Waals surface area contributed by atoms with Gasteiger partial charge in [-0.3, -0.25) is 4.79 Å². The summed E-state index contributed by atoms with van der Waals surface area (Å²) in [6.07, 6.45) is 3.50. The molecule has 1 fully saturated rings. The van der Waals surface area contributed by atoms with Crippen molar-refractivity contribution in [1.29, 1.82) is 0 Å². The first-order valence-electron chi connectivity index (χ1n) is 7.06. The molecule has 2 aromatic rings. The Bertz CT molecular complexity index is 579. The summed E-state index contributed by atoms with van der Waals surface area (Å²) < 4.78 is 0. The van der Waals surface area contributed by atoms with Crippen molar-refractivity contribution in [3.63, 3.8) is 0 Å².